The van der Waals surface area contributed by atoms with Gasteiger partial charge in [-0.2, -0.15) is 5.26 Å². The van der Waals surface area contributed by atoms with Crippen molar-refractivity contribution >= 4 is 11.6 Å². The zero-order valence-corrected chi connectivity index (χ0v) is 10.6. The lowest BCUT2D eigenvalue weighted by Gasteiger charge is -2.15. The summed E-state index contributed by atoms with van der Waals surface area (Å²) in [4.78, 5) is 13.6. The molecule has 0 saturated carbocycles. The van der Waals surface area contributed by atoms with E-state index in [0.717, 1.165) is 0 Å². The van der Waals surface area contributed by atoms with Crippen molar-refractivity contribution in [3.63, 3.8) is 0 Å². The number of anilines is 1. The number of rotatable bonds is 6. The maximum atomic E-state index is 11.7. The van der Waals surface area contributed by atoms with Gasteiger partial charge in [-0.05, 0) is 31.3 Å². The third-order valence-electron chi connectivity index (χ3n) is 2.39. The Labute approximate surface area is 107 Å². The van der Waals surface area contributed by atoms with Crippen LogP contribution in [0.1, 0.15) is 5.56 Å². The van der Waals surface area contributed by atoms with Crippen LogP contribution in [-0.2, 0) is 9.53 Å². The summed E-state index contributed by atoms with van der Waals surface area (Å²) in [5.74, 6) is -0.0849. The molecule has 1 aromatic carbocycles. The van der Waals surface area contributed by atoms with E-state index < -0.39 is 0 Å². The van der Waals surface area contributed by atoms with Crippen LogP contribution in [0, 0.1) is 11.3 Å². The molecule has 1 rings (SSSR count). The maximum absolute atomic E-state index is 11.7. The highest BCUT2D eigenvalue weighted by Crippen LogP contribution is 2.08. The van der Waals surface area contributed by atoms with Crippen LogP contribution in [0.4, 0.5) is 5.69 Å². The van der Waals surface area contributed by atoms with Crippen molar-refractivity contribution in [3.8, 4) is 6.07 Å². The van der Waals surface area contributed by atoms with Gasteiger partial charge in [-0.15, -0.1) is 0 Å². The van der Waals surface area contributed by atoms with E-state index in [1.807, 2.05) is 18.0 Å². The van der Waals surface area contributed by atoms with Crippen molar-refractivity contribution in [2.45, 2.75) is 0 Å². The molecule has 0 aliphatic rings. The van der Waals surface area contributed by atoms with Crippen molar-refractivity contribution < 1.29 is 9.53 Å². The Morgan fingerprint density at radius 2 is 2.11 bits per heavy atom. The number of likely N-dealkylation sites (N-methyl/N-ethyl adjacent to an activating group) is 1. The van der Waals surface area contributed by atoms with Gasteiger partial charge in [-0.25, -0.2) is 0 Å². The van der Waals surface area contributed by atoms with Crippen LogP contribution in [0.15, 0.2) is 24.3 Å². The lowest BCUT2D eigenvalue weighted by atomic mass is 10.2. The molecule has 96 valence electrons. The first kappa shape index (κ1) is 14.2. The van der Waals surface area contributed by atoms with Crippen molar-refractivity contribution in [1.29, 1.82) is 5.26 Å². The van der Waals surface area contributed by atoms with Gasteiger partial charge in [0.25, 0.3) is 0 Å². The van der Waals surface area contributed by atoms with Gasteiger partial charge in [0.2, 0.25) is 5.91 Å². The molecule has 0 fully saturated rings. The third-order valence-corrected chi connectivity index (χ3v) is 2.39. The molecule has 5 nitrogen and oxygen atoms in total. The lowest BCUT2D eigenvalue weighted by Crippen LogP contribution is -2.32. The van der Waals surface area contributed by atoms with Gasteiger partial charge in [-0.1, -0.05) is 0 Å². The van der Waals surface area contributed by atoms with E-state index in [0.29, 0.717) is 30.9 Å². The molecule has 0 aromatic heterocycles. The Bertz CT molecular complexity index is 423. The molecule has 1 amide bonds. The van der Waals surface area contributed by atoms with E-state index in [9.17, 15) is 4.79 Å². The summed E-state index contributed by atoms with van der Waals surface area (Å²) in [6.45, 7) is 1.61. The summed E-state index contributed by atoms with van der Waals surface area (Å²) in [6, 6.07) is 8.80. The average molecular weight is 247 g/mol. The Morgan fingerprint density at radius 1 is 1.44 bits per heavy atom. The first-order chi connectivity index (χ1) is 8.65. The standard InChI is InChI=1S/C13H17N3O2/c1-16(7-8-18-2)10-13(17)15-12-5-3-11(9-14)4-6-12/h3-6H,7-8,10H2,1-2H3,(H,15,17). The zero-order valence-electron chi connectivity index (χ0n) is 10.6. The Morgan fingerprint density at radius 3 is 2.67 bits per heavy atom. The second-order valence-corrected chi connectivity index (χ2v) is 3.97. The van der Waals surface area contributed by atoms with Crippen LogP contribution < -0.4 is 5.32 Å². The molecule has 1 N–H and O–H groups in total. The first-order valence-corrected chi connectivity index (χ1v) is 5.63. The molecule has 0 spiro atoms. The van der Waals surface area contributed by atoms with E-state index in [-0.39, 0.29) is 5.91 Å². The monoisotopic (exact) mass is 247 g/mol. The lowest BCUT2D eigenvalue weighted by molar-refractivity contribution is -0.117. The largest absolute Gasteiger partial charge is 0.383 e. The quantitative estimate of drug-likeness (QED) is 0.816. The molecule has 0 unspecified atom stereocenters. The summed E-state index contributed by atoms with van der Waals surface area (Å²) in [6.07, 6.45) is 0. The number of methoxy groups -OCH3 is 1. The molecule has 0 radical (unpaired) electrons. The number of nitrogens with one attached hydrogen (secondary N) is 1. The van der Waals surface area contributed by atoms with E-state index in [1.165, 1.54) is 0 Å². The molecule has 0 bridgehead atoms. The number of hydrogen-bond donors (Lipinski definition) is 1. The average Bonchev–Trinajstić information content (AvgIpc) is 2.37. The van der Waals surface area contributed by atoms with Gasteiger partial charge < -0.3 is 10.1 Å². The van der Waals surface area contributed by atoms with Gasteiger partial charge in [0.15, 0.2) is 0 Å². The molecule has 0 atom stereocenters. The van der Waals surface area contributed by atoms with Gasteiger partial charge in [0.05, 0.1) is 24.8 Å². The van der Waals surface area contributed by atoms with Gasteiger partial charge >= 0.3 is 0 Å². The molecule has 5 heteroatoms. The molecule has 0 aliphatic heterocycles. The smallest absolute Gasteiger partial charge is 0.238 e. The SMILES string of the molecule is COCCN(C)CC(=O)Nc1ccc(C#N)cc1. The summed E-state index contributed by atoms with van der Waals surface area (Å²) in [5, 5.41) is 11.4. The number of carbonyl (C=O) groups excluding carboxylic acids is 1. The predicted molar refractivity (Wildman–Crippen MR) is 69.2 cm³/mol. The summed E-state index contributed by atoms with van der Waals surface area (Å²) >= 11 is 0. The van der Waals surface area contributed by atoms with E-state index in [1.54, 1.807) is 31.4 Å². The van der Waals surface area contributed by atoms with Crippen LogP contribution in [0.25, 0.3) is 0 Å². The maximum Gasteiger partial charge on any atom is 0.238 e. The molecule has 0 saturated heterocycles. The minimum atomic E-state index is -0.0849. The fourth-order valence-corrected chi connectivity index (χ4v) is 1.40. The van der Waals surface area contributed by atoms with E-state index >= 15 is 0 Å². The number of benzene rings is 1. The number of nitrogens with zero attached hydrogens (tertiary/aromatic N) is 2. The Kier molecular flexibility index (Phi) is 5.85. The van der Waals surface area contributed by atoms with Gasteiger partial charge in [0.1, 0.15) is 0 Å². The predicted octanol–water partition coefficient (Wildman–Crippen LogP) is 1.07. The van der Waals surface area contributed by atoms with Crippen molar-refractivity contribution in [2.75, 3.05) is 39.2 Å². The van der Waals surface area contributed by atoms with E-state index in [2.05, 4.69) is 5.32 Å². The molecule has 0 aliphatic carbocycles. The summed E-state index contributed by atoms with van der Waals surface area (Å²) < 4.78 is 4.93. The van der Waals surface area contributed by atoms with Crippen LogP contribution in [0.2, 0.25) is 0 Å². The van der Waals surface area contributed by atoms with Gasteiger partial charge in [-0.3, -0.25) is 9.69 Å². The Hall–Kier alpha value is -1.90. The molecule has 18 heavy (non-hydrogen) atoms. The number of carbonyl (C=O) groups is 1. The second-order valence-electron chi connectivity index (χ2n) is 3.97. The highest BCUT2D eigenvalue weighted by Gasteiger charge is 2.06. The molecule has 0 heterocycles. The highest BCUT2D eigenvalue weighted by atomic mass is 16.5. The first-order valence-electron chi connectivity index (χ1n) is 5.63. The zero-order chi connectivity index (χ0) is 13.4. The fraction of sp³-hybridized carbons (Fsp3) is 0.385. The van der Waals surface area contributed by atoms with E-state index in [4.69, 9.17) is 10.00 Å². The number of nitriles is 1. The third kappa shape index (κ3) is 4.95. The molecular formula is C13H17N3O2. The minimum absolute atomic E-state index is 0.0849. The second kappa shape index (κ2) is 7.43. The van der Waals surface area contributed by atoms with Gasteiger partial charge in [0, 0.05) is 19.3 Å². The fourth-order valence-electron chi connectivity index (χ4n) is 1.40. The van der Waals surface area contributed by atoms with Crippen LogP contribution in [-0.4, -0.2) is 44.7 Å². The number of amides is 1. The Balaban J connectivity index is 2.41. The van der Waals surface area contributed by atoms with Crippen LogP contribution in [0.3, 0.4) is 0 Å². The van der Waals surface area contributed by atoms with Crippen molar-refractivity contribution in [3.05, 3.63) is 29.8 Å². The molecular weight excluding hydrogens is 230 g/mol. The normalized spacial score (nSPS) is 10.1. The van der Waals surface area contributed by atoms with Crippen LogP contribution in [0.5, 0.6) is 0 Å². The summed E-state index contributed by atoms with van der Waals surface area (Å²) in [7, 11) is 3.49. The van der Waals surface area contributed by atoms with Crippen molar-refractivity contribution in [1.82, 2.24) is 4.90 Å². The van der Waals surface area contributed by atoms with Crippen LogP contribution >= 0.6 is 0 Å². The number of ether oxygens (including phenoxy) is 1. The van der Waals surface area contributed by atoms with Crippen molar-refractivity contribution in [2.24, 2.45) is 0 Å². The highest BCUT2D eigenvalue weighted by molar-refractivity contribution is 5.92. The number of hydrogen-bond acceptors (Lipinski definition) is 4. The summed E-state index contributed by atoms with van der Waals surface area (Å²) in [5.41, 5.74) is 1.27. The molecule has 1 aromatic rings. The minimum Gasteiger partial charge on any atom is -0.383 e. The topological polar surface area (TPSA) is 65.4 Å².